The van der Waals surface area contributed by atoms with Gasteiger partial charge in [0.15, 0.2) is 11.5 Å². The highest BCUT2D eigenvalue weighted by molar-refractivity contribution is 6.13. The molecule has 7 nitrogen and oxygen atoms in total. The summed E-state index contributed by atoms with van der Waals surface area (Å²) in [5, 5.41) is 6.86. The van der Waals surface area contributed by atoms with Crippen LogP contribution in [-0.4, -0.2) is 30.3 Å². The number of carbonyl (C=O) groups is 1. The third-order valence-corrected chi connectivity index (χ3v) is 5.01. The van der Waals surface area contributed by atoms with Crippen molar-refractivity contribution < 1.29 is 32.0 Å². The molecular weight excluding hydrogens is 439 g/mol. The molecule has 0 fully saturated rings. The first-order valence-electron chi connectivity index (χ1n) is 9.70. The summed E-state index contributed by atoms with van der Waals surface area (Å²) in [7, 11) is 2.94. The molecule has 0 unspecified atom stereocenters. The monoisotopic (exact) mass is 457 g/mol. The van der Waals surface area contributed by atoms with Crippen LogP contribution in [0.3, 0.4) is 0 Å². The number of benzene rings is 2. The fraction of sp³-hybridized carbons (Fsp3) is 0.174. The predicted octanol–water partition coefficient (Wildman–Crippen LogP) is 5.49. The minimum Gasteiger partial charge on any atom is -0.493 e. The second-order valence-corrected chi connectivity index (χ2v) is 7.07. The Morgan fingerprint density at radius 2 is 1.76 bits per heavy atom. The van der Waals surface area contributed by atoms with Gasteiger partial charge in [-0.15, -0.1) is 0 Å². The molecule has 4 rings (SSSR count). The van der Waals surface area contributed by atoms with E-state index < -0.39 is 17.6 Å². The Morgan fingerprint density at radius 3 is 2.45 bits per heavy atom. The van der Waals surface area contributed by atoms with Crippen LogP contribution in [0.4, 0.5) is 18.9 Å². The highest BCUT2D eigenvalue weighted by Gasteiger charge is 2.34. The van der Waals surface area contributed by atoms with Gasteiger partial charge in [-0.1, -0.05) is 23.4 Å². The van der Waals surface area contributed by atoms with Crippen molar-refractivity contribution in [1.82, 2.24) is 10.1 Å². The molecule has 0 aliphatic heterocycles. The number of ether oxygens (including phenoxy) is 2. The number of carbonyl (C=O) groups excluding carboxylic acids is 1. The van der Waals surface area contributed by atoms with Crippen LogP contribution in [-0.2, 0) is 6.18 Å². The van der Waals surface area contributed by atoms with Gasteiger partial charge in [0, 0.05) is 17.3 Å². The van der Waals surface area contributed by atoms with Crippen molar-refractivity contribution in [3.63, 3.8) is 0 Å². The Labute approximate surface area is 186 Å². The topological polar surface area (TPSA) is 86.5 Å². The maximum absolute atomic E-state index is 13.6. The van der Waals surface area contributed by atoms with Gasteiger partial charge in [0.2, 0.25) is 0 Å². The number of hydrogen-bond acceptors (Lipinski definition) is 6. The first-order chi connectivity index (χ1) is 15.7. The van der Waals surface area contributed by atoms with Crippen molar-refractivity contribution in [2.24, 2.45) is 0 Å². The normalized spacial score (nSPS) is 11.5. The van der Waals surface area contributed by atoms with Crippen LogP contribution in [0.15, 0.2) is 53.1 Å². The Kier molecular flexibility index (Phi) is 5.67. The number of aromatic nitrogens is 2. The lowest BCUT2D eigenvalue weighted by molar-refractivity contribution is -0.137. The van der Waals surface area contributed by atoms with E-state index in [2.05, 4.69) is 15.5 Å². The first kappa shape index (κ1) is 22.1. The highest BCUT2D eigenvalue weighted by atomic mass is 19.4. The maximum Gasteiger partial charge on any atom is 0.417 e. The lowest BCUT2D eigenvalue weighted by atomic mass is 10.0. The molecule has 0 saturated carbocycles. The molecule has 2 aromatic heterocycles. The molecule has 10 heteroatoms. The summed E-state index contributed by atoms with van der Waals surface area (Å²) < 4.78 is 56.3. The number of hydrogen-bond donors (Lipinski definition) is 1. The van der Waals surface area contributed by atoms with Gasteiger partial charge in [-0.3, -0.25) is 4.79 Å². The van der Waals surface area contributed by atoms with Crippen LogP contribution >= 0.6 is 0 Å². The number of fused-ring (bicyclic) bond motifs is 1. The summed E-state index contributed by atoms with van der Waals surface area (Å²) >= 11 is 0. The van der Waals surface area contributed by atoms with Crippen molar-refractivity contribution >= 4 is 22.7 Å². The Hall–Kier alpha value is -4.08. The summed E-state index contributed by atoms with van der Waals surface area (Å²) in [5.74, 6) is 0.297. The third-order valence-electron chi connectivity index (χ3n) is 5.01. The van der Waals surface area contributed by atoms with Gasteiger partial charge in [-0.25, -0.2) is 4.98 Å². The SMILES string of the molecule is COc1ccc(NC(=O)c2cc(-c3ccccc3C(F)(F)F)nc3onc(C)c23)cc1OC. The molecule has 0 saturated heterocycles. The molecular formula is C23H18F3N3O4. The standard InChI is InChI=1S/C23H18F3N3O4/c1-12-20-15(21(30)27-13-8-9-18(31-2)19(10-13)32-3)11-17(28-22(20)33-29-12)14-6-4-5-7-16(14)23(24,25)26/h4-11H,1-3H3,(H,27,30). The molecule has 1 amide bonds. The Balaban J connectivity index is 1.82. The molecule has 0 aliphatic carbocycles. The van der Waals surface area contributed by atoms with Crippen LogP contribution < -0.4 is 14.8 Å². The van der Waals surface area contributed by atoms with Crippen molar-refractivity contribution in [1.29, 1.82) is 0 Å². The van der Waals surface area contributed by atoms with E-state index in [4.69, 9.17) is 14.0 Å². The van der Waals surface area contributed by atoms with Gasteiger partial charge < -0.3 is 19.3 Å². The number of alkyl halides is 3. The van der Waals surface area contributed by atoms with Crippen molar-refractivity contribution in [3.05, 3.63) is 65.4 Å². The van der Waals surface area contributed by atoms with E-state index in [1.54, 1.807) is 25.1 Å². The van der Waals surface area contributed by atoms with E-state index in [9.17, 15) is 18.0 Å². The minimum absolute atomic E-state index is 0.0422. The minimum atomic E-state index is -4.60. The van der Waals surface area contributed by atoms with E-state index >= 15 is 0 Å². The highest BCUT2D eigenvalue weighted by Crippen LogP contribution is 2.38. The molecule has 0 aliphatic rings. The van der Waals surface area contributed by atoms with Crippen LogP contribution in [0.1, 0.15) is 21.6 Å². The molecule has 0 radical (unpaired) electrons. The van der Waals surface area contributed by atoms with Gasteiger partial charge in [-0.2, -0.15) is 13.2 Å². The summed E-state index contributed by atoms with van der Waals surface area (Å²) in [5.41, 5.74) is -0.316. The van der Waals surface area contributed by atoms with Crippen LogP contribution in [0.5, 0.6) is 11.5 Å². The zero-order chi connectivity index (χ0) is 23.8. The zero-order valence-corrected chi connectivity index (χ0v) is 17.8. The third kappa shape index (κ3) is 4.19. The maximum atomic E-state index is 13.6. The number of pyridine rings is 1. The van der Waals surface area contributed by atoms with Crippen molar-refractivity contribution in [3.8, 4) is 22.8 Å². The fourth-order valence-corrected chi connectivity index (χ4v) is 3.48. The number of aryl methyl sites for hydroxylation is 1. The molecule has 0 atom stereocenters. The number of methoxy groups -OCH3 is 2. The first-order valence-corrected chi connectivity index (χ1v) is 9.70. The second kappa shape index (κ2) is 8.45. The number of nitrogens with zero attached hydrogens (tertiary/aromatic N) is 2. The molecule has 0 spiro atoms. The predicted molar refractivity (Wildman–Crippen MR) is 114 cm³/mol. The molecule has 0 bridgehead atoms. The Bertz CT molecular complexity index is 1350. The van der Waals surface area contributed by atoms with Crippen molar-refractivity contribution in [2.45, 2.75) is 13.1 Å². The molecule has 170 valence electrons. The van der Waals surface area contributed by atoms with Crippen LogP contribution in [0, 0.1) is 6.92 Å². The number of halogens is 3. The quantitative estimate of drug-likeness (QED) is 0.427. The van der Waals surface area contributed by atoms with E-state index in [0.717, 1.165) is 6.07 Å². The largest absolute Gasteiger partial charge is 0.493 e. The summed E-state index contributed by atoms with van der Waals surface area (Å²) in [6, 6.07) is 11.1. The zero-order valence-electron chi connectivity index (χ0n) is 17.8. The van der Waals surface area contributed by atoms with Crippen LogP contribution in [0.25, 0.3) is 22.4 Å². The van der Waals surface area contributed by atoms with E-state index in [1.165, 1.54) is 38.5 Å². The van der Waals surface area contributed by atoms with E-state index in [1.807, 2.05) is 0 Å². The number of anilines is 1. The number of nitrogens with one attached hydrogen (secondary N) is 1. The van der Waals surface area contributed by atoms with Crippen molar-refractivity contribution in [2.75, 3.05) is 19.5 Å². The van der Waals surface area contributed by atoms with Gasteiger partial charge in [-0.05, 0) is 31.2 Å². The van der Waals surface area contributed by atoms with E-state index in [-0.39, 0.29) is 22.5 Å². The second-order valence-electron chi connectivity index (χ2n) is 7.07. The fourth-order valence-electron chi connectivity index (χ4n) is 3.48. The van der Waals surface area contributed by atoms with Gasteiger partial charge in [0.25, 0.3) is 11.6 Å². The number of amides is 1. The molecule has 2 heterocycles. The van der Waals surface area contributed by atoms with Gasteiger partial charge in [0.05, 0.1) is 42.1 Å². The smallest absolute Gasteiger partial charge is 0.417 e. The van der Waals surface area contributed by atoms with E-state index in [0.29, 0.717) is 28.3 Å². The summed E-state index contributed by atoms with van der Waals surface area (Å²) in [4.78, 5) is 17.4. The molecule has 1 N–H and O–H groups in total. The lowest BCUT2D eigenvalue weighted by Crippen LogP contribution is -2.14. The molecule has 2 aromatic carbocycles. The van der Waals surface area contributed by atoms with Gasteiger partial charge >= 0.3 is 6.18 Å². The summed E-state index contributed by atoms with van der Waals surface area (Å²) in [6.45, 7) is 1.62. The summed E-state index contributed by atoms with van der Waals surface area (Å²) in [6.07, 6.45) is -4.60. The Morgan fingerprint density at radius 1 is 1.03 bits per heavy atom. The van der Waals surface area contributed by atoms with Crippen LogP contribution in [0.2, 0.25) is 0 Å². The average Bonchev–Trinajstić information content (AvgIpc) is 3.18. The molecule has 4 aromatic rings. The molecule has 33 heavy (non-hydrogen) atoms. The average molecular weight is 457 g/mol. The lowest BCUT2D eigenvalue weighted by Gasteiger charge is -2.14. The van der Waals surface area contributed by atoms with Gasteiger partial charge in [0.1, 0.15) is 0 Å². The number of rotatable bonds is 5.